The minimum absolute atomic E-state index is 0.252. The van der Waals surface area contributed by atoms with Crippen molar-refractivity contribution in [3.8, 4) is 5.69 Å². The van der Waals surface area contributed by atoms with Gasteiger partial charge in [-0.3, -0.25) is 4.79 Å². The molecule has 5 nitrogen and oxygen atoms in total. The van der Waals surface area contributed by atoms with E-state index in [4.69, 9.17) is 10.8 Å². The van der Waals surface area contributed by atoms with Gasteiger partial charge in [0.15, 0.2) is 0 Å². The van der Waals surface area contributed by atoms with Crippen molar-refractivity contribution in [1.82, 2.24) is 9.55 Å². The first-order valence-corrected chi connectivity index (χ1v) is 4.86. The van der Waals surface area contributed by atoms with Crippen molar-refractivity contribution in [2.75, 3.05) is 0 Å². The molecule has 6 heteroatoms. The molecule has 0 aliphatic rings. The van der Waals surface area contributed by atoms with Gasteiger partial charge in [-0.25, -0.2) is 9.37 Å². The predicted octanol–water partition coefficient (Wildman–Crippen LogP) is 1.10. The van der Waals surface area contributed by atoms with Crippen LogP contribution in [0.3, 0.4) is 0 Å². The highest BCUT2D eigenvalue weighted by Crippen LogP contribution is 2.13. The van der Waals surface area contributed by atoms with Gasteiger partial charge in [0.05, 0.1) is 12.0 Å². The van der Waals surface area contributed by atoms with Crippen LogP contribution < -0.4 is 5.73 Å². The van der Waals surface area contributed by atoms with Gasteiger partial charge >= 0.3 is 5.97 Å². The van der Waals surface area contributed by atoms with Gasteiger partial charge in [0.2, 0.25) is 0 Å². The van der Waals surface area contributed by atoms with Crippen molar-refractivity contribution in [2.24, 2.45) is 5.73 Å². The third-order valence-corrected chi connectivity index (χ3v) is 2.31. The second-order valence-electron chi connectivity index (χ2n) is 3.50. The summed E-state index contributed by atoms with van der Waals surface area (Å²) in [6.45, 7) is 0. The maximum absolute atomic E-state index is 12.7. The molecule has 0 fully saturated rings. The second-order valence-corrected chi connectivity index (χ2v) is 3.50. The Labute approximate surface area is 96.3 Å². The summed E-state index contributed by atoms with van der Waals surface area (Å²) in [5.74, 6) is -1.48. The molecule has 2 aromatic rings. The molecule has 2 rings (SSSR count). The van der Waals surface area contributed by atoms with Crippen molar-refractivity contribution in [3.63, 3.8) is 0 Å². The predicted molar refractivity (Wildman–Crippen MR) is 58.1 cm³/mol. The van der Waals surface area contributed by atoms with Gasteiger partial charge in [-0.15, -0.1) is 0 Å². The Kier molecular flexibility index (Phi) is 2.88. The maximum atomic E-state index is 12.7. The lowest BCUT2D eigenvalue weighted by Gasteiger charge is -2.02. The number of carbonyl (C=O) groups is 1. The lowest BCUT2D eigenvalue weighted by Crippen LogP contribution is -2.20. The second kappa shape index (κ2) is 4.34. The van der Waals surface area contributed by atoms with Crippen LogP contribution in [0.1, 0.15) is 11.7 Å². The summed E-state index contributed by atoms with van der Waals surface area (Å²) < 4.78 is 14.3. The van der Waals surface area contributed by atoms with Gasteiger partial charge in [-0.05, 0) is 24.3 Å². The molecule has 0 amide bonds. The molecule has 0 aliphatic carbocycles. The normalized spacial score (nSPS) is 12.4. The van der Waals surface area contributed by atoms with Crippen LogP contribution in [0.25, 0.3) is 5.69 Å². The smallest absolute Gasteiger partial charge is 0.326 e. The van der Waals surface area contributed by atoms with E-state index in [-0.39, 0.29) is 11.5 Å². The number of aromatic nitrogens is 2. The number of hydrogen-bond acceptors (Lipinski definition) is 3. The number of carboxylic acid groups (broad SMARTS) is 1. The summed E-state index contributed by atoms with van der Waals surface area (Å²) in [5, 5.41) is 8.73. The molecule has 0 saturated heterocycles. The summed E-state index contributed by atoms with van der Waals surface area (Å²) in [6, 6.07) is 4.59. The summed E-state index contributed by atoms with van der Waals surface area (Å²) in [6.07, 6.45) is 2.94. The van der Waals surface area contributed by atoms with Crippen LogP contribution in [0.5, 0.6) is 0 Å². The molecular formula is C11H10FN3O2. The van der Waals surface area contributed by atoms with E-state index in [0.29, 0.717) is 5.69 Å². The molecule has 88 valence electrons. The lowest BCUT2D eigenvalue weighted by molar-refractivity contribution is -0.138. The number of aliphatic carboxylic acids is 1. The molecule has 0 radical (unpaired) electrons. The Bertz CT molecular complexity index is 536. The van der Waals surface area contributed by atoms with Gasteiger partial charge in [0.25, 0.3) is 0 Å². The summed E-state index contributed by atoms with van der Waals surface area (Å²) in [5.41, 5.74) is 6.35. The molecule has 0 aliphatic heterocycles. The highest BCUT2D eigenvalue weighted by atomic mass is 19.1. The van der Waals surface area contributed by atoms with E-state index >= 15 is 0 Å². The molecule has 0 saturated carbocycles. The summed E-state index contributed by atoms with van der Waals surface area (Å²) in [4.78, 5) is 14.6. The number of halogens is 1. The van der Waals surface area contributed by atoms with E-state index in [2.05, 4.69) is 4.98 Å². The fourth-order valence-electron chi connectivity index (χ4n) is 1.38. The van der Waals surface area contributed by atoms with Crippen molar-refractivity contribution in [2.45, 2.75) is 6.04 Å². The van der Waals surface area contributed by atoms with Crippen LogP contribution in [-0.2, 0) is 4.79 Å². The van der Waals surface area contributed by atoms with Crippen LogP contribution >= 0.6 is 0 Å². The third-order valence-electron chi connectivity index (χ3n) is 2.31. The molecule has 1 atom stereocenters. The van der Waals surface area contributed by atoms with E-state index in [9.17, 15) is 9.18 Å². The molecule has 0 bridgehead atoms. The average Bonchev–Trinajstić information content (AvgIpc) is 2.78. The first-order chi connectivity index (χ1) is 8.08. The van der Waals surface area contributed by atoms with Gasteiger partial charge in [0, 0.05) is 11.9 Å². The quantitative estimate of drug-likeness (QED) is 0.834. The molecule has 1 aromatic heterocycles. The number of nitrogens with zero attached hydrogens (tertiary/aromatic N) is 2. The monoisotopic (exact) mass is 235 g/mol. The lowest BCUT2D eigenvalue weighted by atomic mass is 10.2. The highest BCUT2D eigenvalue weighted by molar-refractivity contribution is 5.74. The van der Waals surface area contributed by atoms with Crippen LogP contribution in [0.4, 0.5) is 4.39 Å². The maximum Gasteiger partial charge on any atom is 0.326 e. The standard InChI is InChI=1S/C11H10FN3O2/c12-7-1-3-8(4-2-7)15-5-9(14-6-15)10(13)11(16)17/h1-6,10H,13H2,(H,16,17). The molecule has 1 aromatic carbocycles. The zero-order valence-electron chi connectivity index (χ0n) is 8.75. The van der Waals surface area contributed by atoms with E-state index in [1.54, 1.807) is 16.7 Å². The Balaban J connectivity index is 2.29. The number of imidazole rings is 1. The van der Waals surface area contributed by atoms with E-state index in [0.717, 1.165) is 0 Å². The largest absolute Gasteiger partial charge is 0.480 e. The first-order valence-electron chi connectivity index (χ1n) is 4.86. The third kappa shape index (κ3) is 2.31. The first kappa shape index (κ1) is 11.3. The van der Waals surface area contributed by atoms with E-state index in [1.807, 2.05) is 0 Å². The minimum Gasteiger partial charge on any atom is -0.480 e. The Morgan fingerprint density at radius 1 is 1.41 bits per heavy atom. The minimum atomic E-state index is -1.16. The fraction of sp³-hybridized carbons (Fsp3) is 0.0909. The van der Waals surface area contributed by atoms with Crippen molar-refractivity contribution in [3.05, 3.63) is 48.3 Å². The fourth-order valence-corrected chi connectivity index (χ4v) is 1.38. The molecule has 1 unspecified atom stereocenters. The molecule has 17 heavy (non-hydrogen) atoms. The van der Waals surface area contributed by atoms with Crippen LogP contribution in [-0.4, -0.2) is 20.6 Å². The number of nitrogens with two attached hydrogens (primary N) is 1. The number of hydrogen-bond donors (Lipinski definition) is 2. The number of benzene rings is 1. The van der Waals surface area contributed by atoms with Crippen molar-refractivity contribution in [1.29, 1.82) is 0 Å². The van der Waals surface area contributed by atoms with Crippen LogP contribution in [0.15, 0.2) is 36.8 Å². The number of rotatable bonds is 3. The van der Waals surface area contributed by atoms with Crippen molar-refractivity contribution < 1.29 is 14.3 Å². The van der Waals surface area contributed by atoms with Gasteiger partial charge < -0.3 is 15.4 Å². The summed E-state index contributed by atoms with van der Waals surface area (Å²) in [7, 11) is 0. The molecule has 3 N–H and O–H groups in total. The van der Waals surface area contributed by atoms with Crippen LogP contribution in [0.2, 0.25) is 0 Å². The number of carboxylic acids is 1. The van der Waals surface area contributed by atoms with Crippen molar-refractivity contribution >= 4 is 5.97 Å². The topological polar surface area (TPSA) is 81.1 Å². The van der Waals surface area contributed by atoms with E-state index in [1.165, 1.54) is 24.7 Å². The Hall–Kier alpha value is -2.21. The summed E-state index contributed by atoms with van der Waals surface area (Å²) >= 11 is 0. The average molecular weight is 235 g/mol. The van der Waals surface area contributed by atoms with Gasteiger partial charge in [-0.1, -0.05) is 0 Å². The van der Waals surface area contributed by atoms with Gasteiger partial charge in [0.1, 0.15) is 11.9 Å². The zero-order valence-corrected chi connectivity index (χ0v) is 8.75. The zero-order chi connectivity index (χ0) is 12.4. The van der Waals surface area contributed by atoms with E-state index < -0.39 is 12.0 Å². The Morgan fingerprint density at radius 2 is 2.06 bits per heavy atom. The molecular weight excluding hydrogens is 225 g/mol. The van der Waals surface area contributed by atoms with Crippen LogP contribution in [0, 0.1) is 5.82 Å². The van der Waals surface area contributed by atoms with Gasteiger partial charge in [-0.2, -0.15) is 0 Å². The Morgan fingerprint density at radius 3 is 2.65 bits per heavy atom. The highest BCUT2D eigenvalue weighted by Gasteiger charge is 2.17. The molecule has 0 spiro atoms. The molecule has 1 heterocycles. The SMILES string of the molecule is NC(C(=O)O)c1cn(-c2ccc(F)cc2)cn1.